The number of nitrogens with two attached hydrogens (primary N) is 1. The zero-order chi connectivity index (χ0) is 12.6. The van der Waals surface area contributed by atoms with Crippen LogP contribution in [0.2, 0.25) is 0 Å². The third kappa shape index (κ3) is 2.34. The van der Waals surface area contributed by atoms with Crippen molar-refractivity contribution in [3.8, 4) is 0 Å². The maximum atomic E-state index is 11.8. The van der Waals surface area contributed by atoms with Gasteiger partial charge in [0, 0.05) is 19.0 Å². The lowest BCUT2D eigenvalue weighted by atomic mass is 10.0. The van der Waals surface area contributed by atoms with E-state index in [9.17, 15) is 4.79 Å². The molecule has 0 bridgehead atoms. The van der Waals surface area contributed by atoms with Crippen molar-refractivity contribution in [2.75, 3.05) is 6.54 Å². The third-order valence-electron chi connectivity index (χ3n) is 3.67. The van der Waals surface area contributed by atoms with Gasteiger partial charge in [0.1, 0.15) is 0 Å². The summed E-state index contributed by atoms with van der Waals surface area (Å²) >= 11 is 0. The van der Waals surface area contributed by atoms with E-state index < -0.39 is 0 Å². The molecule has 0 saturated carbocycles. The van der Waals surface area contributed by atoms with Crippen molar-refractivity contribution in [1.82, 2.24) is 4.90 Å². The molecule has 2 N–H and O–H groups in total. The van der Waals surface area contributed by atoms with E-state index in [1.165, 1.54) is 16.7 Å². The van der Waals surface area contributed by atoms with Crippen LogP contribution in [0.4, 0.5) is 0 Å². The van der Waals surface area contributed by atoms with Crippen molar-refractivity contribution in [3.63, 3.8) is 0 Å². The normalized spacial score (nSPS) is 22.0. The Balaban J connectivity index is 2.22. The number of carbonyl (C=O) groups is 1. The molecule has 1 aromatic carbocycles. The van der Waals surface area contributed by atoms with E-state index in [2.05, 4.69) is 39.0 Å². The molecular formula is C14H20N2O. The molecule has 92 valence electrons. The van der Waals surface area contributed by atoms with E-state index >= 15 is 0 Å². The molecule has 1 saturated heterocycles. The fourth-order valence-corrected chi connectivity index (χ4v) is 2.34. The van der Waals surface area contributed by atoms with Gasteiger partial charge in [-0.3, -0.25) is 4.79 Å². The predicted molar refractivity (Wildman–Crippen MR) is 68.6 cm³/mol. The van der Waals surface area contributed by atoms with Crippen LogP contribution in [0, 0.1) is 13.8 Å². The number of rotatable bonds is 2. The van der Waals surface area contributed by atoms with E-state index in [4.69, 9.17) is 5.73 Å². The summed E-state index contributed by atoms with van der Waals surface area (Å²) in [5.74, 6) is 0.170. The Hall–Kier alpha value is -1.35. The summed E-state index contributed by atoms with van der Waals surface area (Å²) in [5.41, 5.74) is 9.56. The van der Waals surface area contributed by atoms with Crippen LogP contribution in [-0.4, -0.2) is 23.4 Å². The molecule has 3 heteroatoms. The number of amides is 1. The van der Waals surface area contributed by atoms with Gasteiger partial charge in [-0.25, -0.2) is 0 Å². The van der Waals surface area contributed by atoms with E-state index in [1.807, 2.05) is 4.90 Å². The Morgan fingerprint density at radius 1 is 1.35 bits per heavy atom. The molecule has 0 spiro atoms. The summed E-state index contributed by atoms with van der Waals surface area (Å²) in [6, 6.07) is 6.50. The quantitative estimate of drug-likeness (QED) is 0.846. The first kappa shape index (κ1) is 12.1. The van der Waals surface area contributed by atoms with E-state index in [-0.39, 0.29) is 18.0 Å². The summed E-state index contributed by atoms with van der Waals surface area (Å²) in [7, 11) is 0. The van der Waals surface area contributed by atoms with Crippen LogP contribution >= 0.6 is 0 Å². The van der Waals surface area contributed by atoms with E-state index in [0.717, 1.165) is 0 Å². The molecule has 1 fully saturated rings. The zero-order valence-electron chi connectivity index (χ0n) is 10.7. The summed E-state index contributed by atoms with van der Waals surface area (Å²) < 4.78 is 0. The monoisotopic (exact) mass is 232 g/mol. The molecule has 17 heavy (non-hydrogen) atoms. The number of hydrogen-bond acceptors (Lipinski definition) is 2. The van der Waals surface area contributed by atoms with Crippen molar-refractivity contribution in [3.05, 3.63) is 34.9 Å². The van der Waals surface area contributed by atoms with Crippen LogP contribution in [0.25, 0.3) is 0 Å². The fourth-order valence-electron chi connectivity index (χ4n) is 2.34. The van der Waals surface area contributed by atoms with Gasteiger partial charge in [-0.1, -0.05) is 18.2 Å². The Kier molecular flexibility index (Phi) is 3.20. The molecule has 2 unspecified atom stereocenters. The highest BCUT2D eigenvalue weighted by molar-refractivity contribution is 5.79. The van der Waals surface area contributed by atoms with Crippen LogP contribution in [-0.2, 0) is 4.79 Å². The van der Waals surface area contributed by atoms with Crippen molar-refractivity contribution >= 4 is 5.91 Å². The van der Waals surface area contributed by atoms with Crippen LogP contribution in [0.15, 0.2) is 18.2 Å². The minimum atomic E-state index is -0.00325. The van der Waals surface area contributed by atoms with Gasteiger partial charge in [0.25, 0.3) is 0 Å². The standard InChI is InChI=1S/C14H20N2O/c1-9-4-5-12(6-10(9)2)11(3)16-8-13(15)7-14(16)17/h4-6,11,13H,7-8,15H2,1-3H3. The molecule has 0 aromatic heterocycles. The summed E-state index contributed by atoms with van der Waals surface area (Å²) in [6.45, 7) is 6.94. The van der Waals surface area contributed by atoms with Gasteiger partial charge in [0.05, 0.1) is 6.04 Å². The number of aryl methyl sites for hydroxylation is 2. The number of nitrogens with zero attached hydrogens (tertiary/aromatic N) is 1. The molecule has 1 aliphatic heterocycles. The molecule has 0 aliphatic carbocycles. The van der Waals surface area contributed by atoms with Crippen LogP contribution < -0.4 is 5.73 Å². The van der Waals surface area contributed by atoms with Gasteiger partial charge in [-0.05, 0) is 37.5 Å². The predicted octanol–water partition coefficient (Wildman–Crippen LogP) is 1.92. The summed E-state index contributed by atoms with van der Waals surface area (Å²) in [6.07, 6.45) is 0.481. The largest absolute Gasteiger partial charge is 0.334 e. The lowest BCUT2D eigenvalue weighted by Crippen LogP contribution is -2.30. The number of likely N-dealkylation sites (tertiary alicyclic amines) is 1. The Bertz CT molecular complexity index is 442. The molecule has 0 radical (unpaired) electrons. The maximum absolute atomic E-state index is 11.8. The smallest absolute Gasteiger partial charge is 0.224 e. The highest BCUT2D eigenvalue weighted by Crippen LogP contribution is 2.26. The molecule has 1 aliphatic rings. The van der Waals surface area contributed by atoms with Gasteiger partial charge in [0.15, 0.2) is 0 Å². The second-order valence-corrected chi connectivity index (χ2v) is 5.03. The van der Waals surface area contributed by atoms with Crippen molar-refractivity contribution in [2.24, 2.45) is 5.73 Å². The highest BCUT2D eigenvalue weighted by Gasteiger charge is 2.30. The van der Waals surface area contributed by atoms with Crippen LogP contribution in [0.3, 0.4) is 0 Å². The van der Waals surface area contributed by atoms with E-state index in [1.54, 1.807) is 0 Å². The van der Waals surface area contributed by atoms with Crippen molar-refractivity contribution in [2.45, 2.75) is 39.3 Å². The van der Waals surface area contributed by atoms with E-state index in [0.29, 0.717) is 13.0 Å². The molecule has 1 aromatic rings. The Morgan fingerprint density at radius 2 is 2.06 bits per heavy atom. The highest BCUT2D eigenvalue weighted by atomic mass is 16.2. The van der Waals surface area contributed by atoms with Gasteiger partial charge in [-0.2, -0.15) is 0 Å². The van der Waals surface area contributed by atoms with Gasteiger partial charge in [0.2, 0.25) is 5.91 Å². The molecule has 1 amide bonds. The third-order valence-corrected chi connectivity index (χ3v) is 3.67. The SMILES string of the molecule is Cc1ccc(C(C)N2CC(N)CC2=O)cc1C. The molecule has 1 heterocycles. The fraction of sp³-hybridized carbons (Fsp3) is 0.500. The second kappa shape index (κ2) is 4.49. The van der Waals surface area contributed by atoms with Crippen LogP contribution in [0.1, 0.15) is 36.1 Å². The van der Waals surface area contributed by atoms with Crippen LogP contribution in [0.5, 0.6) is 0 Å². The molecular weight excluding hydrogens is 212 g/mol. The lowest BCUT2D eigenvalue weighted by Gasteiger charge is -2.25. The second-order valence-electron chi connectivity index (χ2n) is 5.03. The Morgan fingerprint density at radius 3 is 2.59 bits per heavy atom. The number of benzene rings is 1. The topological polar surface area (TPSA) is 46.3 Å². The molecule has 2 rings (SSSR count). The first-order valence-corrected chi connectivity index (χ1v) is 6.11. The minimum absolute atomic E-state index is 0.00325. The van der Waals surface area contributed by atoms with Gasteiger partial charge < -0.3 is 10.6 Å². The summed E-state index contributed by atoms with van der Waals surface area (Å²) in [4.78, 5) is 13.7. The molecule has 3 nitrogen and oxygen atoms in total. The van der Waals surface area contributed by atoms with Gasteiger partial charge in [-0.15, -0.1) is 0 Å². The average molecular weight is 232 g/mol. The number of carbonyl (C=O) groups excluding carboxylic acids is 1. The minimum Gasteiger partial charge on any atom is -0.334 e. The first-order chi connectivity index (χ1) is 7.99. The molecule has 2 atom stereocenters. The zero-order valence-corrected chi connectivity index (χ0v) is 10.7. The van der Waals surface area contributed by atoms with Gasteiger partial charge >= 0.3 is 0 Å². The van der Waals surface area contributed by atoms with Crippen molar-refractivity contribution in [1.29, 1.82) is 0 Å². The Labute approximate surface area is 103 Å². The lowest BCUT2D eigenvalue weighted by molar-refractivity contribution is -0.129. The maximum Gasteiger partial charge on any atom is 0.224 e. The van der Waals surface area contributed by atoms with Crippen molar-refractivity contribution < 1.29 is 4.79 Å². The summed E-state index contributed by atoms with van der Waals surface area (Å²) in [5, 5.41) is 0. The number of hydrogen-bond donors (Lipinski definition) is 1. The first-order valence-electron chi connectivity index (χ1n) is 6.11. The average Bonchev–Trinajstić information content (AvgIpc) is 2.61.